The number of amides is 2. The SMILES string of the molecule is CCCn1c(=O)n(CCC(=O)OCC(=O)NC(=O)OCC)c2ccccc21. The Hall–Kier alpha value is -3.10. The molecule has 0 saturated heterocycles. The van der Waals surface area contributed by atoms with Gasteiger partial charge in [0.2, 0.25) is 0 Å². The summed E-state index contributed by atoms with van der Waals surface area (Å²) in [5.41, 5.74) is 1.36. The molecule has 0 atom stereocenters. The monoisotopic (exact) mass is 377 g/mol. The van der Waals surface area contributed by atoms with Crippen molar-refractivity contribution < 1.29 is 23.9 Å². The Morgan fingerprint density at radius 3 is 2.22 bits per heavy atom. The van der Waals surface area contributed by atoms with Crippen molar-refractivity contribution in [1.82, 2.24) is 14.5 Å². The molecule has 9 nitrogen and oxygen atoms in total. The van der Waals surface area contributed by atoms with E-state index in [1.54, 1.807) is 11.5 Å². The maximum atomic E-state index is 12.6. The van der Waals surface area contributed by atoms with Gasteiger partial charge in [0.15, 0.2) is 6.61 Å². The average molecular weight is 377 g/mol. The Bertz CT molecular complexity index is 883. The molecule has 2 amide bonds. The van der Waals surface area contributed by atoms with E-state index in [2.05, 4.69) is 4.74 Å². The fraction of sp³-hybridized carbons (Fsp3) is 0.444. The molecule has 1 heterocycles. The van der Waals surface area contributed by atoms with E-state index in [9.17, 15) is 19.2 Å². The van der Waals surface area contributed by atoms with Crippen LogP contribution in [0.1, 0.15) is 26.7 Å². The lowest BCUT2D eigenvalue weighted by atomic mass is 10.3. The molecule has 1 N–H and O–H groups in total. The van der Waals surface area contributed by atoms with E-state index < -0.39 is 24.6 Å². The number of carbonyl (C=O) groups excluding carboxylic acids is 3. The number of alkyl carbamates (subject to hydrolysis) is 1. The third-order valence-electron chi connectivity index (χ3n) is 3.79. The molecule has 0 aliphatic heterocycles. The number of nitrogens with one attached hydrogen (secondary N) is 1. The molecule has 0 saturated carbocycles. The topological polar surface area (TPSA) is 109 Å². The molecule has 0 radical (unpaired) electrons. The van der Waals surface area contributed by atoms with Crippen molar-refractivity contribution in [2.75, 3.05) is 13.2 Å². The van der Waals surface area contributed by atoms with Crippen LogP contribution < -0.4 is 11.0 Å². The average Bonchev–Trinajstić information content (AvgIpc) is 2.90. The van der Waals surface area contributed by atoms with Crippen LogP contribution in [0.15, 0.2) is 29.1 Å². The standard InChI is InChI=1S/C18H23N3O6/c1-3-10-20-13-7-5-6-8-14(13)21(18(20)25)11-9-16(23)27-12-15(22)19-17(24)26-4-2/h5-8H,3-4,9-12H2,1-2H3,(H,19,22,24). The van der Waals surface area contributed by atoms with Crippen LogP contribution in [0.4, 0.5) is 4.79 Å². The van der Waals surface area contributed by atoms with E-state index in [0.717, 1.165) is 17.5 Å². The number of para-hydroxylation sites is 2. The highest BCUT2D eigenvalue weighted by Crippen LogP contribution is 2.13. The lowest BCUT2D eigenvalue weighted by Gasteiger charge is -2.06. The molecule has 1 aromatic carbocycles. The van der Waals surface area contributed by atoms with Crippen molar-refractivity contribution in [3.05, 3.63) is 34.7 Å². The first-order chi connectivity index (χ1) is 13.0. The van der Waals surface area contributed by atoms with Crippen LogP contribution in [0, 0.1) is 0 Å². The first kappa shape index (κ1) is 20.2. The molecule has 27 heavy (non-hydrogen) atoms. The van der Waals surface area contributed by atoms with Crippen molar-refractivity contribution in [3.8, 4) is 0 Å². The number of rotatable bonds is 8. The molecule has 0 spiro atoms. The van der Waals surface area contributed by atoms with Crippen LogP contribution in [-0.4, -0.2) is 40.3 Å². The fourth-order valence-electron chi connectivity index (χ4n) is 2.67. The Morgan fingerprint density at radius 2 is 1.63 bits per heavy atom. The first-order valence-corrected chi connectivity index (χ1v) is 8.78. The van der Waals surface area contributed by atoms with Gasteiger partial charge >= 0.3 is 17.8 Å². The van der Waals surface area contributed by atoms with Crippen molar-refractivity contribution in [2.24, 2.45) is 0 Å². The quantitative estimate of drug-likeness (QED) is 0.697. The summed E-state index contributed by atoms with van der Waals surface area (Å²) in [4.78, 5) is 47.0. The number of hydrogen-bond donors (Lipinski definition) is 1. The molecule has 0 aliphatic carbocycles. The summed E-state index contributed by atoms with van der Waals surface area (Å²) in [6.45, 7) is 3.84. The molecular weight excluding hydrogens is 354 g/mol. The fourth-order valence-corrected chi connectivity index (χ4v) is 2.67. The van der Waals surface area contributed by atoms with Gasteiger partial charge in [0.1, 0.15) is 0 Å². The van der Waals surface area contributed by atoms with E-state index in [0.29, 0.717) is 6.54 Å². The van der Waals surface area contributed by atoms with Gasteiger partial charge < -0.3 is 9.47 Å². The minimum atomic E-state index is -0.895. The van der Waals surface area contributed by atoms with Gasteiger partial charge in [0.25, 0.3) is 5.91 Å². The molecule has 0 bridgehead atoms. The van der Waals surface area contributed by atoms with Crippen molar-refractivity contribution >= 4 is 29.0 Å². The number of benzene rings is 1. The van der Waals surface area contributed by atoms with Crippen molar-refractivity contribution in [2.45, 2.75) is 39.8 Å². The predicted octanol–water partition coefficient (Wildman–Crippen LogP) is 1.42. The van der Waals surface area contributed by atoms with Gasteiger partial charge in [-0.15, -0.1) is 0 Å². The number of hydrogen-bond acceptors (Lipinski definition) is 6. The second-order valence-electron chi connectivity index (χ2n) is 5.75. The molecule has 0 fully saturated rings. The summed E-state index contributed by atoms with van der Waals surface area (Å²) < 4.78 is 12.6. The molecule has 2 rings (SSSR count). The van der Waals surface area contributed by atoms with Gasteiger partial charge in [-0.05, 0) is 25.5 Å². The molecule has 9 heteroatoms. The number of fused-ring (bicyclic) bond motifs is 1. The van der Waals surface area contributed by atoms with Crippen LogP contribution in [0.2, 0.25) is 0 Å². The zero-order valence-corrected chi connectivity index (χ0v) is 15.4. The van der Waals surface area contributed by atoms with Gasteiger partial charge in [-0.1, -0.05) is 19.1 Å². The summed E-state index contributed by atoms with van der Waals surface area (Å²) >= 11 is 0. The Kier molecular flexibility index (Phi) is 7.16. The zero-order chi connectivity index (χ0) is 19.8. The maximum absolute atomic E-state index is 12.6. The number of imide groups is 1. The summed E-state index contributed by atoms with van der Waals surface area (Å²) in [7, 11) is 0. The van der Waals surface area contributed by atoms with E-state index in [1.807, 2.05) is 36.5 Å². The third kappa shape index (κ3) is 5.19. The normalized spacial score (nSPS) is 10.6. The smallest absolute Gasteiger partial charge is 0.413 e. The molecule has 0 aliphatic rings. The largest absolute Gasteiger partial charge is 0.456 e. The molecule has 2 aromatic rings. The summed E-state index contributed by atoms with van der Waals surface area (Å²) in [5, 5.41) is 1.92. The van der Waals surface area contributed by atoms with Crippen LogP contribution >= 0.6 is 0 Å². The highest BCUT2D eigenvalue weighted by atomic mass is 16.6. The van der Waals surface area contributed by atoms with Crippen LogP contribution in [0.3, 0.4) is 0 Å². The minimum Gasteiger partial charge on any atom is -0.456 e. The lowest BCUT2D eigenvalue weighted by Crippen LogP contribution is -2.34. The molecule has 146 valence electrons. The number of nitrogens with zero attached hydrogens (tertiary/aromatic N) is 2. The molecular formula is C18H23N3O6. The van der Waals surface area contributed by atoms with E-state index in [1.165, 1.54) is 4.57 Å². The van der Waals surface area contributed by atoms with Gasteiger partial charge in [0.05, 0.1) is 24.1 Å². The Labute approximate surface area is 155 Å². The van der Waals surface area contributed by atoms with Gasteiger partial charge in [0, 0.05) is 13.1 Å². The maximum Gasteiger partial charge on any atom is 0.413 e. The number of esters is 1. The number of aromatic nitrogens is 2. The van der Waals surface area contributed by atoms with Crippen LogP contribution in [-0.2, 0) is 32.2 Å². The van der Waals surface area contributed by atoms with E-state index in [-0.39, 0.29) is 25.3 Å². The molecule has 1 aromatic heterocycles. The van der Waals surface area contributed by atoms with Crippen LogP contribution in [0.25, 0.3) is 11.0 Å². The van der Waals surface area contributed by atoms with Crippen LogP contribution in [0.5, 0.6) is 0 Å². The summed E-state index contributed by atoms with van der Waals surface area (Å²) in [6.07, 6.45) is -0.160. The Balaban J connectivity index is 1.96. The number of aryl methyl sites for hydroxylation is 2. The first-order valence-electron chi connectivity index (χ1n) is 8.78. The molecule has 0 unspecified atom stereocenters. The van der Waals surface area contributed by atoms with Gasteiger partial charge in [-0.2, -0.15) is 0 Å². The zero-order valence-electron chi connectivity index (χ0n) is 15.4. The minimum absolute atomic E-state index is 0.0767. The van der Waals surface area contributed by atoms with Crippen molar-refractivity contribution in [1.29, 1.82) is 0 Å². The number of ether oxygens (including phenoxy) is 2. The third-order valence-corrected chi connectivity index (χ3v) is 3.79. The lowest BCUT2D eigenvalue weighted by molar-refractivity contribution is -0.148. The van der Waals surface area contributed by atoms with Gasteiger partial charge in [-0.3, -0.25) is 24.0 Å². The summed E-state index contributed by atoms with van der Waals surface area (Å²) in [5.74, 6) is -1.42. The number of carbonyl (C=O) groups is 3. The second-order valence-corrected chi connectivity index (χ2v) is 5.75. The second kappa shape index (κ2) is 9.56. The number of imidazole rings is 1. The van der Waals surface area contributed by atoms with E-state index in [4.69, 9.17) is 4.74 Å². The highest BCUT2D eigenvalue weighted by molar-refractivity contribution is 5.93. The summed E-state index contributed by atoms with van der Waals surface area (Å²) in [6, 6.07) is 7.36. The highest BCUT2D eigenvalue weighted by Gasteiger charge is 2.15. The van der Waals surface area contributed by atoms with Gasteiger partial charge in [-0.25, -0.2) is 9.59 Å². The Morgan fingerprint density at radius 1 is 1.00 bits per heavy atom. The van der Waals surface area contributed by atoms with Crippen molar-refractivity contribution in [3.63, 3.8) is 0 Å². The van der Waals surface area contributed by atoms with E-state index >= 15 is 0 Å². The predicted molar refractivity (Wildman–Crippen MR) is 97.2 cm³/mol.